The van der Waals surface area contributed by atoms with Gasteiger partial charge in [0.15, 0.2) is 0 Å². The van der Waals surface area contributed by atoms with Crippen LogP contribution in [0.4, 0.5) is 5.69 Å². The molecule has 0 fully saturated rings. The molecular weight excluding hydrogens is 296 g/mol. The summed E-state index contributed by atoms with van der Waals surface area (Å²) in [7, 11) is 0. The number of anilines is 1. The molecule has 0 bridgehead atoms. The number of hydrogen-bond acceptors (Lipinski definition) is 2. The van der Waals surface area contributed by atoms with E-state index >= 15 is 0 Å². The van der Waals surface area contributed by atoms with Crippen LogP contribution in [0.1, 0.15) is 23.1 Å². The molecule has 0 spiro atoms. The normalized spacial score (nSPS) is 13.9. The highest BCUT2D eigenvalue weighted by atomic mass is 35.5. The molecule has 3 N–H and O–H groups in total. The molecule has 0 aliphatic heterocycles. The highest BCUT2D eigenvalue weighted by Crippen LogP contribution is 2.24. The van der Waals surface area contributed by atoms with Crippen molar-refractivity contribution in [1.29, 1.82) is 0 Å². The Morgan fingerprint density at radius 2 is 1.82 bits per heavy atom. The molecule has 3 rings (SSSR count). The summed E-state index contributed by atoms with van der Waals surface area (Å²) < 4.78 is 0. The highest BCUT2D eigenvalue weighted by Gasteiger charge is 2.16. The van der Waals surface area contributed by atoms with Gasteiger partial charge in [0.25, 0.3) is 0 Å². The van der Waals surface area contributed by atoms with Crippen molar-refractivity contribution in [3.8, 4) is 0 Å². The Balaban J connectivity index is 0.00000176. The van der Waals surface area contributed by atoms with Gasteiger partial charge in [-0.3, -0.25) is 4.79 Å². The van der Waals surface area contributed by atoms with Gasteiger partial charge in [-0.15, -0.1) is 12.4 Å². The summed E-state index contributed by atoms with van der Waals surface area (Å²) in [6.45, 7) is 0. The van der Waals surface area contributed by atoms with Crippen LogP contribution in [0, 0.1) is 0 Å². The summed E-state index contributed by atoms with van der Waals surface area (Å²) >= 11 is 0. The van der Waals surface area contributed by atoms with Crippen LogP contribution in [0.5, 0.6) is 0 Å². The van der Waals surface area contributed by atoms with E-state index in [1.54, 1.807) is 0 Å². The second-order valence-electron chi connectivity index (χ2n) is 5.62. The summed E-state index contributed by atoms with van der Waals surface area (Å²) in [5.74, 6) is -0.128. The molecular formula is C18H21ClN2O. The molecule has 2 aromatic rings. The Hall–Kier alpha value is -1.84. The van der Waals surface area contributed by atoms with Crippen molar-refractivity contribution in [3.05, 3.63) is 65.2 Å². The molecule has 0 radical (unpaired) electrons. The minimum atomic E-state index is -0.527. The van der Waals surface area contributed by atoms with Crippen LogP contribution in [-0.2, 0) is 24.1 Å². The average Bonchev–Trinajstić information content (AvgIpc) is 2.95. The predicted octanol–water partition coefficient (Wildman–Crippen LogP) is 3.11. The number of halogens is 1. The zero-order valence-corrected chi connectivity index (χ0v) is 13.2. The van der Waals surface area contributed by atoms with E-state index in [1.807, 2.05) is 36.4 Å². The summed E-state index contributed by atoms with van der Waals surface area (Å²) in [6, 6.07) is 15.5. The van der Waals surface area contributed by atoms with Gasteiger partial charge in [-0.05, 0) is 54.5 Å². The van der Waals surface area contributed by atoms with Crippen molar-refractivity contribution < 1.29 is 4.79 Å². The van der Waals surface area contributed by atoms with Crippen LogP contribution < -0.4 is 11.1 Å². The lowest BCUT2D eigenvalue weighted by atomic mass is 10.1. The largest absolute Gasteiger partial charge is 0.325 e. The third kappa shape index (κ3) is 3.87. The maximum atomic E-state index is 12.2. The molecule has 2 aromatic carbocycles. The number of nitrogens with two attached hydrogens (primary N) is 1. The number of aryl methyl sites for hydroxylation is 2. The van der Waals surface area contributed by atoms with Gasteiger partial charge in [-0.2, -0.15) is 0 Å². The number of benzene rings is 2. The molecule has 1 atom stereocenters. The van der Waals surface area contributed by atoms with Crippen molar-refractivity contribution in [2.24, 2.45) is 5.73 Å². The predicted molar refractivity (Wildman–Crippen MR) is 92.5 cm³/mol. The Bertz CT molecular complexity index is 643. The highest BCUT2D eigenvalue weighted by molar-refractivity contribution is 5.95. The van der Waals surface area contributed by atoms with E-state index in [-0.39, 0.29) is 18.3 Å². The van der Waals surface area contributed by atoms with Crippen LogP contribution >= 0.6 is 12.4 Å². The molecule has 0 aromatic heterocycles. The van der Waals surface area contributed by atoms with Crippen LogP contribution in [0.3, 0.4) is 0 Å². The zero-order valence-electron chi connectivity index (χ0n) is 12.4. The fourth-order valence-corrected chi connectivity index (χ4v) is 2.85. The lowest BCUT2D eigenvalue weighted by Crippen LogP contribution is -2.37. The van der Waals surface area contributed by atoms with Crippen LogP contribution in [0.2, 0.25) is 0 Å². The van der Waals surface area contributed by atoms with Gasteiger partial charge in [0, 0.05) is 5.69 Å². The molecule has 0 unspecified atom stereocenters. The minimum Gasteiger partial charge on any atom is -0.325 e. The first kappa shape index (κ1) is 16.5. The fraction of sp³-hybridized carbons (Fsp3) is 0.278. The Morgan fingerprint density at radius 1 is 1.09 bits per heavy atom. The van der Waals surface area contributed by atoms with E-state index < -0.39 is 6.04 Å². The van der Waals surface area contributed by atoms with E-state index in [0.29, 0.717) is 6.42 Å². The summed E-state index contributed by atoms with van der Waals surface area (Å²) in [5.41, 5.74) is 10.7. The van der Waals surface area contributed by atoms with Gasteiger partial charge in [0.1, 0.15) is 0 Å². The Labute approximate surface area is 137 Å². The topological polar surface area (TPSA) is 55.1 Å². The monoisotopic (exact) mass is 316 g/mol. The first-order chi connectivity index (χ1) is 10.2. The number of hydrogen-bond donors (Lipinski definition) is 2. The van der Waals surface area contributed by atoms with Gasteiger partial charge in [0.05, 0.1) is 6.04 Å². The van der Waals surface area contributed by atoms with Crippen LogP contribution in [-0.4, -0.2) is 11.9 Å². The van der Waals surface area contributed by atoms with E-state index in [0.717, 1.165) is 24.1 Å². The number of fused-ring (bicyclic) bond motifs is 1. The number of carbonyl (C=O) groups is 1. The molecule has 22 heavy (non-hydrogen) atoms. The van der Waals surface area contributed by atoms with Crippen molar-refractivity contribution in [1.82, 2.24) is 0 Å². The molecule has 0 heterocycles. The quantitative estimate of drug-likeness (QED) is 0.910. The number of rotatable bonds is 4. The van der Waals surface area contributed by atoms with Gasteiger partial charge < -0.3 is 11.1 Å². The fourth-order valence-electron chi connectivity index (χ4n) is 2.85. The second-order valence-corrected chi connectivity index (χ2v) is 5.62. The lowest BCUT2D eigenvalue weighted by Gasteiger charge is -2.13. The Morgan fingerprint density at radius 3 is 2.59 bits per heavy atom. The number of nitrogens with one attached hydrogen (secondary N) is 1. The second kappa shape index (κ2) is 7.43. The first-order valence-corrected chi connectivity index (χ1v) is 7.44. The SMILES string of the molecule is Cl.N[C@@H](Cc1ccccc1)C(=O)Nc1ccc2c(c1)CCC2. The number of amides is 1. The van der Waals surface area contributed by atoms with Gasteiger partial charge in [-0.25, -0.2) is 0 Å². The number of carbonyl (C=O) groups excluding carboxylic acids is 1. The summed E-state index contributed by atoms with van der Waals surface area (Å²) in [5, 5.41) is 2.93. The molecule has 0 saturated heterocycles. The molecule has 4 heteroatoms. The van der Waals surface area contributed by atoms with Crippen LogP contribution in [0.25, 0.3) is 0 Å². The maximum absolute atomic E-state index is 12.2. The Kier molecular flexibility index (Phi) is 5.58. The van der Waals surface area contributed by atoms with Gasteiger partial charge in [-0.1, -0.05) is 36.4 Å². The van der Waals surface area contributed by atoms with Crippen molar-refractivity contribution in [3.63, 3.8) is 0 Å². The molecule has 1 amide bonds. The minimum absolute atomic E-state index is 0. The van der Waals surface area contributed by atoms with E-state index in [4.69, 9.17) is 5.73 Å². The van der Waals surface area contributed by atoms with E-state index in [1.165, 1.54) is 17.5 Å². The third-order valence-electron chi connectivity index (χ3n) is 4.00. The molecule has 116 valence electrons. The third-order valence-corrected chi connectivity index (χ3v) is 4.00. The molecule has 3 nitrogen and oxygen atoms in total. The summed E-state index contributed by atoms with van der Waals surface area (Å²) in [6.07, 6.45) is 4.02. The van der Waals surface area contributed by atoms with Gasteiger partial charge in [0.2, 0.25) is 5.91 Å². The average molecular weight is 317 g/mol. The standard InChI is InChI=1S/C18H20N2O.ClH/c19-17(11-13-5-2-1-3-6-13)18(21)20-16-10-9-14-7-4-8-15(14)12-16;/h1-3,5-6,9-10,12,17H,4,7-8,11,19H2,(H,20,21);1H/t17-;/m0./s1. The molecule has 1 aliphatic rings. The molecule has 0 saturated carbocycles. The van der Waals surface area contributed by atoms with Gasteiger partial charge >= 0.3 is 0 Å². The maximum Gasteiger partial charge on any atom is 0.241 e. The summed E-state index contributed by atoms with van der Waals surface area (Å²) in [4.78, 5) is 12.2. The smallest absolute Gasteiger partial charge is 0.241 e. The molecule has 1 aliphatic carbocycles. The lowest BCUT2D eigenvalue weighted by molar-refractivity contribution is -0.117. The van der Waals surface area contributed by atoms with E-state index in [2.05, 4.69) is 17.4 Å². The first-order valence-electron chi connectivity index (χ1n) is 7.44. The van der Waals surface area contributed by atoms with Crippen molar-refractivity contribution in [2.75, 3.05) is 5.32 Å². The van der Waals surface area contributed by atoms with Crippen molar-refractivity contribution >= 4 is 24.0 Å². The van der Waals surface area contributed by atoms with E-state index in [9.17, 15) is 4.79 Å². The zero-order chi connectivity index (χ0) is 14.7. The van der Waals surface area contributed by atoms with Crippen LogP contribution in [0.15, 0.2) is 48.5 Å². The van der Waals surface area contributed by atoms with Crippen molar-refractivity contribution in [2.45, 2.75) is 31.7 Å².